The van der Waals surface area contributed by atoms with E-state index < -0.39 is 6.10 Å². The van der Waals surface area contributed by atoms with Gasteiger partial charge in [0.2, 0.25) is 5.91 Å². The van der Waals surface area contributed by atoms with Crippen LogP contribution in [0.25, 0.3) is 0 Å². The highest BCUT2D eigenvalue weighted by atomic mass is 16.6. The molecule has 3 unspecified atom stereocenters. The largest absolute Gasteiger partial charge is 0.388 e. The summed E-state index contributed by atoms with van der Waals surface area (Å²) in [5, 5.41) is 12.3. The van der Waals surface area contributed by atoms with Crippen molar-refractivity contribution >= 4 is 5.91 Å². The van der Waals surface area contributed by atoms with Crippen molar-refractivity contribution in [1.82, 2.24) is 5.32 Å². The molecule has 0 spiro atoms. The highest BCUT2D eigenvalue weighted by Crippen LogP contribution is 2.40. The molecule has 2 saturated heterocycles. The molecule has 2 N–H and O–H groups in total. The number of nitrogens with one attached hydrogen (secondary N) is 1. The lowest BCUT2D eigenvalue weighted by Gasteiger charge is -2.27. The van der Waals surface area contributed by atoms with Crippen molar-refractivity contribution in [3.63, 3.8) is 0 Å². The number of carbonyl (C=O) groups is 1. The Hall–Kier alpha value is -0.650. The molecule has 0 saturated carbocycles. The van der Waals surface area contributed by atoms with Crippen molar-refractivity contribution in [2.45, 2.75) is 30.8 Å². The quantitative estimate of drug-likeness (QED) is 0.595. The maximum Gasteiger partial charge on any atom is 0.225 e. The van der Waals surface area contributed by atoms with Gasteiger partial charge in [-0.2, -0.15) is 0 Å². The van der Waals surface area contributed by atoms with Gasteiger partial charge in [0.15, 0.2) is 0 Å². The van der Waals surface area contributed by atoms with E-state index in [1.807, 2.05) is 0 Å². The van der Waals surface area contributed by atoms with Gasteiger partial charge in [0.25, 0.3) is 0 Å². The Morgan fingerprint density at radius 3 is 2.86 bits per heavy atom. The van der Waals surface area contributed by atoms with Crippen LogP contribution in [0.15, 0.2) is 0 Å². The summed E-state index contributed by atoms with van der Waals surface area (Å²) in [5.74, 6) is -0.218. The fourth-order valence-corrected chi connectivity index (χ4v) is 2.38. The molecule has 80 valence electrons. The molecule has 0 aliphatic carbocycles. The van der Waals surface area contributed by atoms with Crippen LogP contribution < -0.4 is 5.32 Å². The first-order valence-corrected chi connectivity index (χ1v) is 4.77. The van der Waals surface area contributed by atoms with Gasteiger partial charge < -0.3 is 19.9 Å². The summed E-state index contributed by atoms with van der Waals surface area (Å²) in [6.45, 7) is 0. The zero-order chi connectivity index (χ0) is 10.3. The van der Waals surface area contributed by atoms with Crippen LogP contribution in [-0.4, -0.2) is 49.6 Å². The van der Waals surface area contributed by atoms with Crippen molar-refractivity contribution in [3.05, 3.63) is 0 Å². The SMILES string of the molecule is CNC(=O)C1CC2O[C@@H]1[C@@H](OC)C2O. The third-order valence-electron chi connectivity index (χ3n) is 3.11. The maximum atomic E-state index is 11.4. The summed E-state index contributed by atoms with van der Waals surface area (Å²) in [5.41, 5.74) is 0. The highest BCUT2D eigenvalue weighted by Gasteiger charge is 2.56. The lowest BCUT2D eigenvalue weighted by molar-refractivity contribution is -0.129. The molecule has 14 heavy (non-hydrogen) atoms. The van der Waals surface area contributed by atoms with Crippen molar-refractivity contribution in [1.29, 1.82) is 0 Å². The molecule has 2 rings (SSSR count). The number of rotatable bonds is 2. The topological polar surface area (TPSA) is 67.8 Å². The zero-order valence-corrected chi connectivity index (χ0v) is 8.27. The van der Waals surface area contributed by atoms with Gasteiger partial charge in [-0.25, -0.2) is 0 Å². The molecular weight excluding hydrogens is 186 g/mol. The number of hydrogen-bond acceptors (Lipinski definition) is 4. The molecule has 1 amide bonds. The van der Waals surface area contributed by atoms with E-state index in [1.165, 1.54) is 7.11 Å². The summed E-state index contributed by atoms with van der Waals surface area (Å²) >= 11 is 0. The van der Waals surface area contributed by atoms with E-state index in [0.29, 0.717) is 6.42 Å². The van der Waals surface area contributed by atoms with Crippen molar-refractivity contribution in [2.75, 3.05) is 14.2 Å². The number of amides is 1. The lowest BCUT2D eigenvalue weighted by Crippen LogP contribution is -2.47. The summed E-state index contributed by atoms with van der Waals surface area (Å²) in [6.07, 6.45) is -0.903. The summed E-state index contributed by atoms with van der Waals surface area (Å²) in [7, 11) is 3.13. The number of methoxy groups -OCH3 is 1. The van der Waals surface area contributed by atoms with Crippen LogP contribution >= 0.6 is 0 Å². The first-order valence-electron chi connectivity index (χ1n) is 4.77. The Morgan fingerprint density at radius 2 is 2.36 bits per heavy atom. The zero-order valence-electron chi connectivity index (χ0n) is 8.27. The molecule has 2 aliphatic heterocycles. The molecule has 0 radical (unpaired) electrons. The van der Waals surface area contributed by atoms with Gasteiger partial charge in [0.1, 0.15) is 12.2 Å². The van der Waals surface area contributed by atoms with E-state index >= 15 is 0 Å². The van der Waals surface area contributed by atoms with E-state index in [9.17, 15) is 9.90 Å². The Morgan fingerprint density at radius 1 is 1.64 bits per heavy atom. The number of carbonyl (C=O) groups excluding carboxylic acids is 1. The molecule has 0 aromatic rings. The first-order chi connectivity index (χ1) is 6.69. The van der Waals surface area contributed by atoms with Gasteiger partial charge in [-0.05, 0) is 6.42 Å². The molecule has 5 nitrogen and oxygen atoms in total. The van der Waals surface area contributed by atoms with Crippen molar-refractivity contribution in [3.8, 4) is 0 Å². The van der Waals surface area contributed by atoms with E-state index in [2.05, 4.69) is 5.32 Å². The minimum Gasteiger partial charge on any atom is -0.388 e. The fraction of sp³-hybridized carbons (Fsp3) is 0.889. The Labute approximate surface area is 82.4 Å². The number of aliphatic hydroxyl groups is 1. The molecule has 2 fully saturated rings. The van der Waals surface area contributed by atoms with E-state index in [4.69, 9.17) is 9.47 Å². The molecule has 2 bridgehead atoms. The predicted octanol–water partition coefficient (Wildman–Crippen LogP) is -1.10. The van der Waals surface area contributed by atoms with Crippen LogP contribution in [0, 0.1) is 5.92 Å². The summed E-state index contributed by atoms with van der Waals surface area (Å²) in [6, 6.07) is 0. The van der Waals surface area contributed by atoms with Crippen LogP contribution in [-0.2, 0) is 14.3 Å². The average molecular weight is 201 g/mol. The van der Waals surface area contributed by atoms with Crippen LogP contribution in [0.2, 0.25) is 0 Å². The van der Waals surface area contributed by atoms with Crippen molar-refractivity contribution in [2.24, 2.45) is 5.92 Å². The van der Waals surface area contributed by atoms with Gasteiger partial charge in [0, 0.05) is 14.2 Å². The first kappa shape index (κ1) is 9.89. The Balaban J connectivity index is 2.11. The van der Waals surface area contributed by atoms with E-state index in [0.717, 1.165) is 0 Å². The predicted molar refractivity (Wildman–Crippen MR) is 47.6 cm³/mol. The van der Waals surface area contributed by atoms with Crippen LogP contribution in [0.5, 0.6) is 0 Å². The van der Waals surface area contributed by atoms with Gasteiger partial charge >= 0.3 is 0 Å². The number of ether oxygens (including phenoxy) is 2. The lowest BCUT2D eigenvalue weighted by atomic mass is 9.84. The third kappa shape index (κ3) is 1.24. The second kappa shape index (κ2) is 3.49. The van der Waals surface area contributed by atoms with Gasteiger partial charge in [0.05, 0.1) is 18.1 Å². The third-order valence-corrected chi connectivity index (χ3v) is 3.11. The number of hydrogen-bond donors (Lipinski definition) is 2. The Bertz CT molecular complexity index is 245. The Kier molecular flexibility index (Phi) is 2.47. The normalized spacial score (nSPS) is 45.5. The molecule has 2 aliphatic rings. The minimum atomic E-state index is -0.592. The van der Waals surface area contributed by atoms with E-state index in [1.54, 1.807) is 7.05 Å². The molecular formula is C9H15NO4. The summed E-state index contributed by atoms with van der Waals surface area (Å²) in [4.78, 5) is 11.4. The molecule has 0 aromatic carbocycles. The number of aliphatic hydroxyl groups excluding tert-OH is 1. The summed E-state index contributed by atoms with van der Waals surface area (Å²) < 4.78 is 10.6. The molecule has 2 heterocycles. The second-order valence-corrected chi connectivity index (χ2v) is 3.79. The molecule has 5 heteroatoms. The van der Waals surface area contributed by atoms with E-state index in [-0.39, 0.29) is 30.1 Å². The highest BCUT2D eigenvalue weighted by molar-refractivity contribution is 5.79. The van der Waals surface area contributed by atoms with Crippen LogP contribution in [0.3, 0.4) is 0 Å². The smallest absolute Gasteiger partial charge is 0.225 e. The van der Waals surface area contributed by atoms with Gasteiger partial charge in [-0.15, -0.1) is 0 Å². The van der Waals surface area contributed by atoms with Gasteiger partial charge in [-0.1, -0.05) is 0 Å². The minimum absolute atomic E-state index is 0.0357. The average Bonchev–Trinajstić information content (AvgIpc) is 2.73. The van der Waals surface area contributed by atoms with Crippen LogP contribution in [0.1, 0.15) is 6.42 Å². The maximum absolute atomic E-state index is 11.4. The van der Waals surface area contributed by atoms with Gasteiger partial charge in [-0.3, -0.25) is 4.79 Å². The monoisotopic (exact) mass is 201 g/mol. The second-order valence-electron chi connectivity index (χ2n) is 3.79. The van der Waals surface area contributed by atoms with Crippen LogP contribution in [0.4, 0.5) is 0 Å². The molecule has 0 aromatic heterocycles. The molecule has 5 atom stereocenters. The van der Waals surface area contributed by atoms with Crippen molar-refractivity contribution < 1.29 is 19.4 Å². The fourth-order valence-electron chi connectivity index (χ4n) is 2.38. The number of fused-ring (bicyclic) bond motifs is 2. The standard InChI is InChI=1S/C9H15NO4/c1-10-9(12)4-3-5-6(11)8(13-2)7(4)14-5/h4-8,11H,3H2,1-2H3,(H,10,12)/t4?,5?,6?,7-,8-/m0/s1.